The van der Waals surface area contributed by atoms with Crippen LogP contribution in [0.5, 0.6) is 0 Å². The normalized spacial score (nSPS) is 8.94. The second-order valence-corrected chi connectivity index (χ2v) is 3.82. The van der Waals surface area contributed by atoms with Gasteiger partial charge in [-0.3, -0.25) is 15.6 Å². The molecule has 7 heteroatoms. The summed E-state index contributed by atoms with van der Waals surface area (Å²) < 4.78 is 0. The highest BCUT2D eigenvalue weighted by molar-refractivity contribution is 7.80. The Bertz CT molecular complexity index is 472. The van der Waals surface area contributed by atoms with Crippen LogP contribution in [-0.4, -0.2) is 11.0 Å². The molecule has 17 heavy (non-hydrogen) atoms. The van der Waals surface area contributed by atoms with Gasteiger partial charge in [0.1, 0.15) is 6.42 Å². The van der Waals surface area contributed by atoms with E-state index in [9.17, 15) is 4.79 Å². The molecule has 0 fully saturated rings. The molecule has 0 bridgehead atoms. The van der Waals surface area contributed by atoms with Crippen LogP contribution in [0.2, 0.25) is 5.02 Å². The van der Waals surface area contributed by atoms with Crippen molar-refractivity contribution in [1.82, 2.24) is 10.9 Å². The van der Waals surface area contributed by atoms with Crippen molar-refractivity contribution >= 4 is 40.5 Å². The fraction of sp³-hybridized carbons (Fsp3) is 0.100. The van der Waals surface area contributed by atoms with Crippen LogP contribution in [0, 0.1) is 11.3 Å². The van der Waals surface area contributed by atoms with E-state index in [-0.39, 0.29) is 11.5 Å². The van der Waals surface area contributed by atoms with Gasteiger partial charge < -0.3 is 5.32 Å². The molecule has 1 aromatic rings. The number of hydrazine groups is 1. The Morgan fingerprint density at radius 1 is 1.47 bits per heavy atom. The first-order chi connectivity index (χ1) is 8.11. The van der Waals surface area contributed by atoms with Gasteiger partial charge in [0.25, 0.3) is 5.91 Å². The Labute approximate surface area is 109 Å². The van der Waals surface area contributed by atoms with Crippen LogP contribution >= 0.6 is 23.8 Å². The zero-order valence-electron chi connectivity index (χ0n) is 8.66. The summed E-state index contributed by atoms with van der Waals surface area (Å²) in [6, 6.07) is 8.68. The molecule has 1 aromatic carbocycles. The Morgan fingerprint density at radius 2 is 2.24 bits per heavy atom. The number of thiocarbonyl (C=S) groups is 1. The smallest absolute Gasteiger partial charge is 0.252 e. The van der Waals surface area contributed by atoms with Crippen LogP contribution in [0.4, 0.5) is 5.69 Å². The van der Waals surface area contributed by atoms with E-state index >= 15 is 0 Å². The first-order valence-corrected chi connectivity index (χ1v) is 5.39. The molecular formula is C10H9ClN4OS. The molecule has 0 heterocycles. The molecule has 5 nitrogen and oxygen atoms in total. The number of nitrogens with one attached hydrogen (secondary N) is 3. The minimum Gasteiger partial charge on any atom is -0.331 e. The average Bonchev–Trinajstić information content (AvgIpc) is 2.27. The Morgan fingerprint density at radius 3 is 2.88 bits per heavy atom. The molecule has 88 valence electrons. The predicted molar refractivity (Wildman–Crippen MR) is 69.2 cm³/mol. The number of carbonyl (C=O) groups is 1. The number of nitriles is 1. The van der Waals surface area contributed by atoms with Gasteiger partial charge in [0.2, 0.25) is 0 Å². The number of rotatable bonds is 2. The number of anilines is 1. The summed E-state index contributed by atoms with van der Waals surface area (Å²) in [5.74, 6) is -0.456. The van der Waals surface area contributed by atoms with E-state index in [1.165, 1.54) is 0 Å². The highest BCUT2D eigenvalue weighted by Gasteiger charge is 2.01. The Hall–Kier alpha value is -1.84. The van der Waals surface area contributed by atoms with E-state index in [2.05, 4.69) is 16.2 Å². The van der Waals surface area contributed by atoms with E-state index in [0.29, 0.717) is 10.7 Å². The molecule has 0 spiro atoms. The van der Waals surface area contributed by atoms with Gasteiger partial charge in [-0.25, -0.2) is 0 Å². The minimum absolute atomic E-state index is 0.207. The number of halogens is 1. The first-order valence-electron chi connectivity index (χ1n) is 4.60. The maximum absolute atomic E-state index is 10.9. The lowest BCUT2D eigenvalue weighted by atomic mass is 10.3. The molecule has 0 atom stereocenters. The fourth-order valence-corrected chi connectivity index (χ4v) is 1.33. The molecule has 0 aliphatic heterocycles. The van der Waals surface area contributed by atoms with Crippen LogP contribution in [0.3, 0.4) is 0 Å². The standard InChI is InChI=1S/C10H9ClN4OS/c11-7-2-1-3-8(6-7)13-10(17)15-14-9(16)4-5-12/h1-3,6H,4H2,(H,14,16)(H2,13,15,17). The summed E-state index contributed by atoms with van der Waals surface area (Å²) in [6.45, 7) is 0. The summed E-state index contributed by atoms with van der Waals surface area (Å²) >= 11 is 10.7. The van der Waals surface area contributed by atoms with Gasteiger partial charge in [-0.2, -0.15) is 5.26 Å². The van der Waals surface area contributed by atoms with Crippen molar-refractivity contribution < 1.29 is 4.79 Å². The SMILES string of the molecule is N#CCC(=O)NNC(=S)Nc1cccc(Cl)c1. The second-order valence-electron chi connectivity index (χ2n) is 2.97. The quantitative estimate of drug-likeness (QED) is 0.561. The topological polar surface area (TPSA) is 77.0 Å². The lowest BCUT2D eigenvalue weighted by Crippen LogP contribution is -2.43. The summed E-state index contributed by atoms with van der Waals surface area (Å²) in [5, 5.41) is 11.9. The fourth-order valence-electron chi connectivity index (χ4n) is 0.971. The number of hydrogen-bond acceptors (Lipinski definition) is 3. The van der Waals surface area contributed by atoms with Crippen LogP contribution in [0.15, 0.2) is 24.3 Å². The summed E-state index contributed by atoms with van der Waals surface area (Å²) in [7, 11) is 0. The average molecular weight is 269 g/mol. The summed E-state index contributed by atoms with van der Waals surface area (Å²) in [4.78, 5) is 10.9. The highest BCUT2D eigenvalue weighted by Crippen LogP contribution is 2.14. The molecule has 0 aliphatic rings. The van der Waals surface area contributed by atoms with Gasteiger partial charge in [0, 0.05) is 10.7 Å². The van der Waals surface area contributed by atoms with Gasteiger partial charge in [-0.15, -0.1) is 0 Å². The number of nitrogens with zero attached hydrogens (tertiary/aromatic N) is 1. The zero-order chi connectivity index (χ0) is 12.7. The molecule has 0 saturated heterocycles. The van der Waals surface area contributed by atoms with E-state index < -0.39 is 5.91 Å². The number of carbonyl (C=O) groups excluding carboxylic acids is 1. The van der Waals surface area contributed by atoms with Gasteiger partial charge in [0.05, 0.1) is 6.07 Å². The van der Waals surface area contributed by atoms with Crippen molar-refractivity contribution in [2.75, 3.05) is 5.32 Å². The highest BCUT2D eigenvalue weighted by atomic mass is 35.5. The van der Waals surface area contributed by atoms with E-state index in [4.69, 9.17) is 29.1 Å². The molecule has 0 saturated carbocycles. The lowest BCUT2D eigenvalue weighted by molar-refractivity contribution is -0.120. The largest absolute Gasteiger partial charge is 0.331 e. The molecule has 0 aromatic heterocycles. The van der Waals surface area contributed by atoms with Gasteiger partial charge >= 0.3 is 0 Å². The van der Waals surface area contributed by atoms with Crippen LogP contribution in [0.1, 0.15) is 6.42 Å². The Balaban J connectivity index is 2.40. The zero-order valence-corrected chi connectivity index (χ0v) is 10.2. The number of benzene rings is 1. The third-order valence-corrected chi connectivity index (χ3v) is 2.08. The molecular weight excluding hydrogens is 260 g/mol. The summed E-state index contributed by atoms with van der Waals surface area (Å²) in [5.41, 5.74) is 5.43. The lowest BCUT2D eigenvalue weighted by Gasteiger charge is -2.10. The monoisotopic (exact) mass is 268 g/mol. The number of hydrogen-bond donors (Lipinski definition) is 3. The van der Waals surface area contributed by atoms with Gasteiger partial charge in [-0.1, -0.05) is 17.7 Å². The number of amides is 1. The van der Waals surface area contributed by atoms with Crippen molar-refractivity contribution in [2.24, 2.45) is 0 Å². The predicted octanol–water partition coefficient (Wildman–Crippen LogP) is 1.57. The molecule has 0 aliphatic carbocycles. The third kappa shape index (κ3) is 5.15. The van der Waals surface area contributed by atoms with Crippen LogP contribution in [-0.2, 0) is 4.79 Å². The van der Waals surface area contributed by atoms with Crippen molar-refractivity contribution in [1.29, 1.82) is 5.26 Å². The van der Waals surface area contributed by atoms with E-state index in [1.54, 1.807) is 30.3 Å². The molecule has 0 unspecified atom stereocenters. The summed E-state index contributed by atoms with van der Waals surface area (Å²) in [6.07, 6.45) is -0.229. The van der Waals surface area contributed by atoms with E-state index in [1.807, 2.05) is 0 Å². The third-order valence-electron chi connectivity index (χ3n) is 1.64. The van der Waals surface area contributed by atoms with Gasteiger partial charge in [-0.05, 0) is 30.4 Å². The van der Waals surface area contributed by atoms with Crippen molar-refractivity contribution in [2.45, 2.75) is 6.42 Å². The van der Waals surface area contributed by atoms with Gasteiger partial charge in [0.15, 0.2) is 5.11 Å². The second kappa shape index (κ2) is 6.68. The molecule has 3 N–H and O–H groups in total. The maximum atomic E-state index is 10.9. The van der Waals surface area contributed by atoms with Crippen LogP contribution < -0.4 is 16.2 Å². The van der Waals surface area contributed by atoms with Crippen molar-refractivity contribution in [3.63, 3.8) is 0 Å². The first kappa shape index (κ1) is 13.2. The van der Waals surface area contributed by atoms with Crippen molar-refractivity contribution in [3.05, 3.63) is 29.3 Å². The molecule has 1 amide bonds. The minimum atomic E-state index is -0.456. The van der Waals surface area contributed by atoms with Crippen LogP contribution in [0.25, 0.3) is 0 Å². The Kier molecular flexibility index (Phi) is 5.20. The van der Waals surface area contributed by atoms with Crippen molar-refractivity contribution in [3.8, 4) is 6.07 Å². The molecule has 1 rings (SSSR count). The van der Waals surface area contributed by atoms with E-state index in [0.717, 1.165) is 0 Å². The molecule has 0 radical (unpaired) electrons. The maximum Gasteiger partial charge on any atom is 0.252 e.